The molecule has 0 saturated carbocycles. The van der Waals surface area contributed by atoms with Crippen molar-refractivity contribution >= 4 is 5.78 Å². The Morgan fingerprint density at radius 1 is 1.58 bits per heavy atom. The van der Waals surface area contributed by atoms with Crippen LogP contribution in [-0.4, -0.2) is 30.3 Å². The highest BCUT2D eigenvalue weighted by molar-refractivity contribution is 5.88. The van der Waals surface area contributed by atoms with Gasteiger partial charge in [-0.15, -0.1) is 0 Å². The van der Waals surface area contributed by atoms with Crippen molar-refractivity contribution < 1.29 is 4.79 Å². The standard InChI is InChI=1S/C10H15NO/c1-8(12)6-9-2-4-11-5-3-10(9)7-11/h6,10H,2-5,7H2,1H3/b9-6-. The predicted octanol–water partition coefficient (Wildman–Crippen LogP) is 1.23. The summed E-state index contributed by atoms with van der Waals surface area (Å²) in [4.78, 5) is 13.4. The summed E-state index contributed by atoms with van der Waals surface area (Å²) >= 11 is 0. The van der Waals surface area contributed by atoms with Gasteiger partial charge in [-0.1, -0.05) is 5.57 Å². The lowest BCUT2D eigenvalue weighted by molar-refractivity contribution is -0.112. The monoisotopic (exact) mass is 165 g/mol. The smallest absolute Gasteiger partial charge is 0.152 e. The number of hydrogen-bond acceptors (Lipinski definition) is 2. The Morgan fingerprint density at radius 3 is 3.17 bits per heavy atom. The van der Waals surface area contributed by atoms with Gasteiger partial charge >= 0.3 is 0 Å². The zero-order chi connectivity index (χ0) is 8.55. The normalized spacial score (nSPS) is 37.2. The van der Waals surface area contributed by atoms with Crippen molar-refractivity contribution in [3.63, 3.8) is 0 Å². The highest BCUT2D eigenvalue weighted by Gasteiger charge is 2.29. The highest BCUT2D eigenvalue weighted by Crippen LogP contribution is 2.31. The molecule has 0 aromatic heterocycles. The topological polar surface area (TPSA) is 20.3 Å². The molecule has 0 aliphatic carbocycles. The number of ketones is 1. The molecule has 0 amide bonds. The summed E-state index contributed by atoms with van der Waals surface area (Å²) < 4.78 is 0. The molecule has 2 aliphatic heterocycles. The molecule has 0 N–H and O–H groups in total. The summed E-state index contributed by atoms with van der Waals surface area (Å²) in [7, 11) is 0. The van der Waals surface area contributed by atoms with Gasteiger partial charge < -0.3 is 4.90 Å². The number of rotatable bonds is 1. The molecule has 2 heterocycles. The van der Waals surface area contributed by atoms with Crippen molar-refractivity contribution in [3.8, 4) is 0 Å². The predicted molar refractivity (Wildman–Crippen MR) is 47.9 cm³/mol. The Hall–Kier alpha value is -0.630. The molecule has 2 aliphatic rings. The van der Waals surface area contributed by atoms with Gasteiger partial charge in [-0.05, 0) is 38.3 Å². The third kappa shape index (κ3) is 1.44. The molecule has 0 aromatic carbocycles. The van der Waals surface area contributed by atoms with Crippen molar-refractivity contribution in [1.29, 1.82) is 0 Å². The Labute approximate surface area is 73.2 Å². The van der Waals surface area contributed by atoms with Crippen LogP contribution in [0.4, 0.5) is 0 Å². The van der Waals surface area contributed by atoms with E-state index in [2.05, 4.69) is 4.90 Å². The second-order valence-corrected chi connectivity index (χ2v) is 3.87. The molecule has 2 bridgehead atoms. The maximum absolute atomic E-state index is 10.9. The van der Waals surface area contributed by atoms with E-state index in [4.69, 9.17) is 0 Å². The molecule has 0 spiro atoms. The van der Waals surface area contributed by atoms with Gasteiger partial charge in [0.1, 0.15) is 0 Å². The summed E-state index contributed by atoms with van der Waals surface area (Å²) in [6, 6.07) is 0. The first-order chi connectivity index (χ1) is 5.75. The van der Waals surface area contributed by atoms with Crippen LogP contribution in [0.2, 0.25) is 0 Å². The number of hydrogen-bond donors (Lipinski definition) is 0. The summed E-state index contributed by atoms with van der Waals surface area (Å²) in [6.45, 7) is 5.24. The average molecular weight is 165 g/mol. The van der Waals surface area contributed by atoms with Crippen LogP contribution in [-0.2, 0) is 4.79 Å². The van der Waals surface area contributed by atoms with Crippen LogP contribution in [0.5, 0.6) is 0 Å². The van der Waals surface area contributed by atoms with Crippen molar-refractivity contribution in [2.24, 2.45) is 5.92 Å². The molecule has 66 valence electrons. The van der Waals surface area contributed by atoms with Crippen LogP contribution in [0.25, 0.3) is 0 Å². The van der Waals surface area contributed by atoms with Crippen LogP contribution in [0.3, 0.4) is 0 Å². The van der Waals surface area contributed by atoms with E-state index in [0.717, 1.165) is 13.0 Å². The van der Waals surface area contributed by atoms with Gasteiger partial charge in [0.05, 0.1) is 0 Å². The van der Waals surface area contributed by atoms with Gasteiger partial charge in [0.2, 0.25) is 0 Å². The second kappa shape index (κ2) is 3.02. The molecule has 2 saturated heterocycles. The minimum atomic E-state index is 0.213. The summed E-state index contributed by atoms with van der Waals surface area (Å²) in [6.07, 6.45) is 4.23. The molecular weight excluding hydrogens is 150 g/mol. The van der Waals surface area contributed by atoms with Crippen molar-refractivity contribution in [3.05, 3.63) is 11.6 Å². The zero-order valence-electron chi connectivity index (χ0n) is 7.55. The van der Waals surface area contributed by atoms with Crippen LogP contribution in [0, 0.1) is 5.92 Å². The number of fused-ring (bicyclic) bond motifs is 2. The molecule has 0 aromatic rings. The lowest BCUT2D eigenvalue weighted by atomic mass is 9.93. The number of nitrogens with zero attached hydrogens (tertiary/aromatic N) is 1. The minimum absolute atomic E-state index is 0.213. The van der Waals surface area contributed by atoms with Crippen LogP contribution < -0.4 is 0 Å². The Bertz CT molecular complexity index is 232. The highest BCUT2D eigenvalue weighted by atomic mass is 16.1. The Kier molecular flexibility index (Phi) is 2.01. The molecule has 2 heteroatoms. The Balaban J connectivity index is 2.12. The quantitative estimate of drug-likeness (QED) is 0.545. The van der Waals surface area contributed by atoms with E-state index in [1.54, 1.807) is 6.92 Å². The first-order valence-corrected chi connectivity index (χ1v) is 4.69. The molecule has 2 unspecified atom stereocenters. The minimum Gasteiger partial charge on any atom is -0.302 e. The fourth-order valence-corrected chi connectivity index (χ4v) is 2.28. The largest absolute Gasteiger partial charge is 0.302 e. The van der Waals surface area contributed by atoms with E-state index in [0.29, 0.717) is 5.92 Å². The first-order valence-electron chi connectivity index (χ1n) is 4.69. The fourth-order valence-electron chi connectivity index (χ4n) is 2.28. The fraction of sp³-hybridized carbons (Fsp3) is 0.700. The zero-order valence-corrected chi connectivity index (χ0v) is 7.55. The average Bonchev–Trinajstić information content (AvgIpc) is 2.39. The molecule has 2 nitrogen and oxygen atoms in total. The number of carbonyl (C=O) groups is 1. The van der Waals surface area contributed by atoms with Crippen LogP contribution >= 0.6 is 0 Å². The lowest BCUT2D eigenvalue weighted by Gasteiger charge is -2.24. The van der Waals surface area contributed by atoms with E-state index < -0.39 is 0 Å². The molecule has 0 radical (unpaired) electrons. The lowest BCUT2D eigenvalue weighted by Crippen LogP contribution is -2.27. The molecular formula is C10H15NO. The van der Waals surface area contributed by atoms with Gasteiger partial charge in [0, 0.05) is 13.1 Å². The second-order valence-electron chi connectivity index (χ2n) is 3.87. The van der Waals surface area contributed by atoms with E-state index >= 15 is 0 Å². The molecule has 2 rings (SSSR count). The van der Waals surface area contributed by atoms with Gasteiger partial charge in [-0.2, -0.15) is 0 Å². The number of piperidine rings is 1. The molecule has 2 atom stereocenters. The van der Waals surface area contributed by atoms with Crippen molar-refractivity contribution in [2.45, 2.75) is 19.8 Å². The Morgan fingerprint density at radius 2 is 2.42 bits per heavy atom. The maximum atomic E-state index is 10.9. The van der Waals surface area contributed by atoms with E-state index in [9.17, 15) is 4.79 Å². The summed E-state index contributed by atoms with van der Waals surface area (Å²) in [5.41, 5.74) is 1.40. The molecule has 12 heavy (non-hydrogen) atoms. The van der Waals surface area contributed by atoms with Gasteiger partial charge in [-0.25, -0.2) is 0 Å². The van der Waals surface area contributed by atoms with Crippen molar-refractivity contribution in [1.82, 2.24) is 4.90 Å². The summed E-state index contributed by atoms with van der Waals surface area (Å²) in [5, 5.41) is 0. The number of carbonyl (C=O) groups excluding carboxylic acids is 1. The van der Waals surface area contributed by atoms with Crippen molar-refractivity contribution in [2.75, 3.05) is 19.6 Å². The maximum Gasteiger partial charge on any atom is 0.152 e. The third-order valence-electron chi connectivity index (χ3n) is 2.90. The van der Waals surface area contributed by atoms with Crippen LogP contribution in [0.1, 0.15) is 19.8 Å². The van der Waals surface area contributed by atoms with E-state index in [1.165, 1.54) is 25.1 Å². The van der Waals surface area contributed by atoms with Gasteiger partial charge in [0.15, 0.2) is 5.78 Å². The van der Waals surface area contributed by atoms with E-state index in [-0.39, 0.29) is 5.78 Å². The van der Waals surface area contributed by atoms with E-state index in [1.807, 2.05) is 6.08 Å². The molecule has 2 fully saturated rings. The van der Waals surface area contributed by atoms with Gasteiger partial charge in [0.25, 0.3) is 0 Å². The van der Waals surface area contributed by atoms with Gasteiger partial charge in [-0.3, -0.25) is 4.79 Å². The summed E-state index contributed by atoms with van der Waals surface area (Å²) in [5.74, 6) is 0.910. The van der Waals surface area contributed by atoms with Crippen LogP contribution in [0.15, 0.2) is 11.6 Å². The SMILES string of the molecule is CC(=O)/C=C1/CCN2CCC1C2. The first kappa shape index (κ1) is 7.99. The number of allylic oxidation sites excluding steroid dienone is 1. The third-order valence-corrected chi connectivity index (χ3v) is 2.90.